The minimum absolute atomic E-state index is 0.0520. The summed E-state index contributed by atoms with van der Waals surface area (Å²) in [6.45, 7) is 4.27. The maximum Gasteiger partial charge on any atom is 0.239 e. The maximum atomic E-state index is 11.7. The Kier molecular flexibility index (Phi) is 6.97. The Morgan fingerprint density at radius 3 is 2.47 bits per heavy atom. The van der Waals surface area contributed by atoms with Gasteiger partial charge in [-0.3, -0.25) is 4.79 Å². The van der Waals surface area contributed by atoms with Gasteiger partial charge in [0, 0.05) is 10.5 Å². The monoisotopic (exact) mass is 366 g/mol. The summed E-state index contributed by atoms with van der Waals surface area (Å²) in [5.41, 5.74) is 0.648. The van der Waals surface area contributed by atoms with Gasteiger partial charge in [0.15, 0.2) is 0 Å². The molecule has 0 saturated heterocycles. The molecular weight excluding hydrogens is 351 g/mol. The van der Waals surface area contributed by atoms with Crippen LogP contribution in [0.1, 0.15) is 26.7 Å². The van der Waals surface area contributed by atoms with Crippen LogP contribution in [0.15, 0.2) is 16.6 Å². The number of rotatable bonds is 6. The van der Waals surface area contributed by atoms with Crippen LogP contribution in [-0.4, -0.2) is 18.5 Å². The number of benzene rings is 1. The molecule has 0 fully saturated rings. The van der Waals surface area contributed by atoms with E-state index < -0.39 is 0 Å². The topological polar surface area (TPSA) is 41.1 Å². The summed E-state index contributed by atoms with van der Waals surface area (Å²) in [5, 5.41) is 6.78. The number of amides is 1. The van der Waals surface area contributed by atoms with Gasteiger partial charge in [-0.1, -0.05) is 37.0 Å². The largest absolute Gasteiger partial charge is 0.375 e. The average molecular weight is 368 g/mol. The molecule has 1 rings (SSSR count). The predicted octanol–water partition coefficient (Wildman–Crippen LogP) is 4.47. The Morgan fingerprint density at radius 1 is 1.26 bits per heavy atom. The SMILES string of the molecule is CCC(CC)NC(=O)CNc1ccc(Br)c(Cl)c1Cl. The highest BCUT2D eigenvalue weighted by atomic mass is 79.9. The Hall–Kier alpha value is -0.450. The van der Waals surface area contributed by atoms with Crippen molar-refractivity contribution in [3.8, 4) is 0 Å². The van der Waals surface area contributed by atoms with Crippen LogP contribution in [0.25, 0.3) is 0 Å². The Balaban J connectivity index is 2.58. The van der Waals surface area contributed by atoms with Crippen LogP contribution in [-0.2, 0) is 4.79 Å². The molecule has 0 aliphatic heterocycles. The first kappa shape index (κ1) is 16.6. The van der Waals surface area contributed by atoms with Crippen molar-refractivity contribution in [2.45, 2.75) is 32.7 Å². The zero-order valence-electron chi connectivity index (χ0n) is 10.9. The van der Waals surface area contributed by atoms with Gasteiger partial charge in [-0.15, -0.1) is 0 Å². The second-order valence-electron chi connectivity index (χ2n) is 4.16. The number of carbonyl (C=O) groups is 1. The van der Waals surface area contributed by atoms with Crippen molar-refractivity contribution in [3.05, 3.63) is 26.7 Å². The summed E-state index contributed by atoms with van der Waals surface area (Å²) < 4.78 is 0.728. The van der Waals surface area contributed by atoms with Gasteiger partial charge in [-0.05, 0) is 40.9 Å². The van der Waals surface area contributed by atoms with Crippen LogP contribution < -0.4 is 10.6 Å². The van der Waals surface area contributed by atoms with E-state index >= 15 is 0 Å². The minimum atomic E-state index is -0.0520. The number of hydrogen-bond acceptors (Lipinski definition) is 2. The Morgan fingerprint density at radius 2 is 1.89 bits per heavy atom. The molecule has 6 heteroatoms. The van der Waals surface area contributed by atoms with Crippen molar-refractivity contribution < 1.29 is 4.79 Å². The van der Waals surface area contributed by atoms with E-state index in [0.29, 0.717) is 15.7 Å². The number of carbonyl (C=O) groups excluding carboxylic acids is 1. The van der Waals surface area contributed by atoms with Gasteiger partial charge in [0.2, 0.25) is 5.91 Å². The lowest BCUT2D eigenvalue weighted by Gasteiger charge is -2.16. The molecule has 0 heterocycles. The van der Waals surface area contributed by atoms with Crippen molar-refractivity contribution in [2.24, 2.45) is 0 Å². The third-order valence-electron chi connectivity index (χ3n) is 2.83. The van der Waals surface area contributed by atoms with Crippen LogP contribution in [0.2, 0.25) is 10.0 Å². The van der Waals surface area contributed by atoms with Gasteiger partial charge in [-0.25, -0.2) is 0 Å². The lowest BCUT2D eigenvalue weighted by atomic mass is 10.2. The van der Waals surface area contributed by atoms with Crippen LogP contribution in [0, 0.1) is 0 Å². The van der Waals surface area contributed by atoms with E-state index in [-0.39, 0.29) is 18.5 Å². The number of halogens is 3. The number of nitrogens with one attached hydrogen (secondary N) is 2. The van der Waals surface area contributed by atoms with Crippen molar-refractivity contribution >= 4 is 50.7 Å². The molecule has 106 valence electrons. The molecule has 19 heavy (non-hydrogen) atoms. The molecule has 0 atom stereocenters. The summed E-state index contributed by atoms with van der Waals surface area (Å²) in [6.07, 6.45) is 1.85. The lowest BCUT2D eigenvalue weighted by molar-refractivity contribution is -0.120. The molecule has 0 spiro atoms. The zero-order valence-corrected chi connectivity index (χ0v) is 14.0. The first-order valence-electron chi connectivity index (χ1n) is 6.16. The molecule has 0 bridgehead atoms. The van der Waals surface area contributed by atoms with Crippen molar-refractivity contribution in [3.63, 3.8) is 0 Å². The summed E-state index contributed by atoms with van der Waals surface area (Å²) in [4.78, 5) is 11.7. The van der Waals surface area contributed by atoms with Gasteiger partial charge >= 0.3 is 0 Å². The van der Waals surface area contributed by atoms with Gasteiger partial charge in [0.1, 0.15) is 0 Å². The van der Waals surface area contributed by atoms with E-state index in [1.165, 1.54) is 0 Å². The van der Waals surface area contributed by atoms with E-state index in [1.807, 2.05) is 13.8 Å². The lowest BCUT2D eigenvalue weighted by Crippen LogP contribution is -2.37. The average Bonchev–Trinajstić information content (AvgIpc) is 2.41. The molecule has 2 N–H and O–H groups in total. The van der Waals surface area contributed by atoms with E-state index in [4.69, 9.17) is 23.2 Å². The first-order chi connectivity index (χ1) is 8.99. The van der Waals surface area contributed by atoms with Gasteiger partial charge < -0.3 is 10.6 Å². The van der Waals surface area contributed by atoms with Crippen molar-refractivity contribution in [1.29, 1.82) is 0 Å². The van der Waals surface area contributed by atoms with Crippen molar-refractivity contribution in [1.82, 2.24) is 5.32 Å². The van der Waals surface area contributed by atoms with Crippen molar-refractivity contribution in [2.75, 3.05) is 11.9 Å². The molecule has 1 aromatic rings. The van der Waals surface area contributed by atoms with Crippen LogP contribution in [0.3, 0.4) is 0 Å². The molecule has 3 nitrogen and oxygen atoms in total. The Labute approximate surface area is 132 Å². The quantitative estimate of drug-likeness (QED) is 0.728. The number of anilines is 1. The van der Waals surface area contributed by atoms with Gasteiger partial charge in [0.05, 0.1) is 22.3 Å². The third kappa shape index (κ3) is 4.86. The molecule has 0 unspecified atom stereocenters. The summed E-state index contributed by atoms with van der Waals surface area (Å²) in [7, 11) is 0. The van der Waals surface area contributed by atoms with E-state index in [1.54, 1.807) is 12.1 Å². The standard InChI is InChI=1S/C13H17BrCl2N2O/c1-3-8(4-2)18-11(19)7-17-10-6-5-9(14)12(15)13(10)16/h5-6,8,17H,3-4,7H2,1-2H3,(H,18,19). The summed E-state index contributed by atoms with van der Waals surface area (Å²) in [6, 6.07) is 3.79. The highest BCUT2D eigenvalue weighted by molar-refractivity contribution is 9.10. The second-order valence-corrected chi connectivity index (χ2v) is 5.77. The fourth-order valence-electron chi connectivity index (χ4n) is 1.61. The van der Waals surface area contributed by atoms with E-state index in [2.05, 4.69) is 26.6 Å². The highest BCUT2D eigenvalue weighted by Gasteiger charge is 2.11. The van der Waals surface area contributed by atoms with Crippen LogP contribution in [0.4, 0.5) is 5.69 Å². The molecular formula is C13H17BrCl2N2O. The summed E-state index contributed by atoms with van der Waals surface area (Å²) in [5.74, 6) is -0.0520. The van der Waals surface area contributed by atoms with Crippen LogP contribution in [0.5, 0.6) is 0 Å². The molecule has 0 aliphatic carbocycles. The molecule has 1 aromatic carbocycles. The molecule has 0 aromatic heterocycles. The van der Waals surface area contributed by atoms with E-state index in [0.717, 1.165) is 17.3 Å². The van der Waals surface area contributed by atoms with Crippen LogP contribution >= 0.6 is 39.1 Å². The molecule has 0 aliphatic rings. The molecule has 0 saturated carbocycles. The highest BCUT2D eigenvalue weighted by Crippen LogP contribution is 2.35. The summed E-state index contributed by atoms with van der Waals surface area (Å²) >= 11 is 15.4. The fourth-order valence-corrected chi connectivity index (χ4v) is 2.45. The van der Waals surface area contributed by atoms with Gasteiger partial charge in [0.25, 0.3) is 0 Å². The minimum Gasteiger partial charge on any atom is -0.375 e. The molecule has 1 amide bonds. The zero-order chi connectivity index (χ0) is 14.4. The normalized spacial score (nSPS) is 10.6. The smallest absolute Gasteiger partial charge is 0.239 e. The Bertz CT molecular complexity index is 451. The van der Waals surface area contributed by atoms with Gasteiger partial charge in [-0.2, -0.15) is 0 Å². The molecule has 0 radical (unpaired) electrons. The maximum absolute atomic E-state index is 11.7. The predicted molar refractivity (Wildman–Crippen MR) is 85.2 cm³/mol. The van der Waals surface area contributed by atoms with E-state index in [9.17, 15) is 4.79 Å². The number of hydrogen-bond donors (Lipinski definition) is 2. The fraction of sp³-hybridized carbons (Fsp3) is 0.462. The third-order valence-corrected chi connectivity index (χ3v) is 4.60. The second kappa shape index (κ2) is 7.98. The first-order valence-corrected chi connectivity index (χ1v) is 7.71.